The molecule has 248 valence electrons. The van der Waals surface area contributed by atoms with Crippen LogP contribution in [0.25, 0.3) is 49.7 Å². The summed E-state index contributed by atoms with van der Waals surface area (Å²) in [6.07, 6.45) is 3.90. The Hall–Kier alpha value is -6.62. The van der Waals surface area contributed by atoms with E-state index in [-0.39, 0.29) is 0 Å². The maximum atomic E-state index is 4.15. The zero-order valence-electron chi connectivity index (χ0n) is 28.6. The van der Waals surface area contributed by atoms with Crippen LogP contribution in [0.1, 0.15) is 10.4 Å². The summed E-state index contributed by atoms with van der Waals surface area (Å²) in [5.74, 6) is 0. The van der Waals surface area contributed by atoms with Gasteiger partial charge < -0.3 is 14.4 Å². The van der Waals surface area contributed by atoms with Crippen molar-refractivity contribution in [2.75, 3.05) is 9.80 Å². The van der Waals surface area contributed by atoms with E-state index < -0.39 is 0 Å². The second kappa shape index (κ2) is 13.3. The highest BCUT2D eigenvalue weighted by molar-refractivity contribution is 7.20. The number of thiophene rings is 1. The van der Waals surface area contributed by atoms with Gasteiger partial charge in [0.25, 0.3) is 0 Å². The lowest BCUT2D eigenvalue weighted by molar-refractivity contribution is 1.16. The molecular formula is C48H35N3S. The molecular weight excluding hydrogens is 651 g/mol. The Morgan fingerprint density at radius 2 is 0.904 bits per heavy atom. The van der Waals surface area contributed by atoms with Gasteiger partial charge in [0, 0.05) is 48.5 Å². The summed E-state index contributed by atoms with van der Waals surface area (Å²) >= 11 is 1.76. The first-order chi connectivity index (χ1) is 25.7. The molecule has 2 aromatic heterocycles. The van der Waals surface area contributed by atoms with Crippen LogP contribution >= 0.6 is 11.3 Å². The van der Waals surface area contributed by atoms with E-state index in [1.54, 1.807) is 11.3 Å². The molecule has 0 saturated heterocycles. The van der Waals surface area contributed by atoms with Crippen molar-refractivity contribution in [1.29, 1.82) is 0 Å². The fourth-order valence-electron chi connectivity index (χ4n) is 7.41. The van der Waals surface area contributed by atoms with Gasteiger partial charge in [-0.25, -0.2) is 0 Å². The van der Waals surface area contributed by atoms with Crippen molar-refractivity contribution in [3.8, 4) is 5.69 Å². The highest BCUT2D eigenvalue weighted by Gasteiger charge is 2.22. The van der Waals surface area contributed by atoms with E-state index in [1.165, 1.54) is 20.9 Å². The topological polar surface area (TPSA) is 11.4 Å². The summed E-state index contributed by atoms with van der Waals surface area (Å²) in [5, 5.41) is 3.62. The first kappa shape index (κ1) is 31.4. The van der Waals surface area contributed by atoms with Crippen molar-refractivity contribution in [3.05, 3.63) is 200 Å². The molecule has 0 fully saturated rings. The van der Waals surface area contributed by atoms with Crippen LogP contribution in [-0.2, 0) is 0 Å². The van der Waals surface area contributed by atoms with E-state index in [2.05, 4.69) is 203 Å². The van der Waals surface area contributed by atoms with E-state index in [0.29, 0.717) is 0 Å². The molecule has 0 saturated carbocycles. The molecule has 0 atom stereocenters. The van der Waals surface area contributed by atoms with Crippen LogP contribution < -0.4 is 9.80 Å². The van der Waals surface area contributed by atoms with E-state index >= 15 is 0 Å². The van der Waals surface area contributed by atoms with Gasteiger partial charge in [0.05, 0.1) is 28.1 Å². The van der Waals surface area contributed by atoms with Crippen LogP contribution in [0.4, 0.5) is 34.1 Å². The quantitative estimate of drug-likeness (QED) is 0.150. The van der Waals surface area contributed by atoms with Crippen molar-refractivity contribution in [3.63, 3.8) is 0 Å². The van der Waals surface area contributed by atoms with Crippen LogP contribution in [0.15, 0.2) is 189 Å². The SMILES string of the molecule is C=Cc1sc2cc3c(cc2c1C=C)c1ccccc1n3-c1cc(N(c2ccccc2)c2ccccc2)cc(N(c2ccccc2)c2ccccc2)c1. The summed E-state index contributed by atoms with van der Waals surface area (Å²) in [7, 11) is 0. The molecule has 52 heavy (non-hydrogen) atoms. The third-order valence-corrected chi connectivity index (χ3v) is 10.8. The zero-order chi connectivity index (χ0) is 35.0. The zero-order valence-corrected chi connectivity index (χ0v) is 29.4. The minimum atomic E-state index is 1.05. The average molecular weight is 686 g/mol. The molecule has 4 heteroatoms. The number of aromatic nitrogens is 1. The fraction of sp³-hybridized carbons (Fsp3) is 0. The third-order valence-electron chi connectivity index (χ3n) is 9.66. The standard InChI is InChI=1S/C48H35N3S/c1-3-41-44-32-43-42-27-17-18-28-45(42)51(46(43)33-48(44)52-47(41)4-2)40-30-38(49(34-19-9-5-10-20-34)35-21-11-6-12-22-35)29-39(31-40)50(36-23-13-7-14-24-36)37-25-15-8-16-26-37/h3-33H,1-2H2. The molecule has 9 rings (SSSR count). The maximum absolute atomic E-state index is 4.15. The van der Waals surface area contributed by atoms with Gasteiger partial charge in [0.1, 0.15) is 0 Å². The van der Waals surface area contributed by atoms with Gasteiger partial charge >= 0.3 is 0 Å². The summed E-state index contributed by atoms with van der Waals surface area (Å²) in [4.78, 5) is 5.83. The molecule has 0 aliphatic heterocycles. The molecule has 0 spiro atoms. The third kappa shape index (κ3) is 5.38. The van der Waals surface area contributed by atoms with Crippen molar-refractivity contribution in [1.82, 2.24) is 4.57 Å². The Bertz CT molecular complexity index is 2530. The lowest BCUT2D eigenvalue weighted by Gasteiger charge is -2.30. The van der Waals surface area contributed by atoms with E-state index in [0.717, 1.165) is 61.3 Å². The summed E-state index contributed by atoms with van der Waals surface area (Å²) in [6, 6.07) is 62.9. The molecule has 0 bridgehead atoms. The second-order valence-corrected chi connectivity index (χ2v) is 13.8. The van der Waals surface area contributed by atoms with Crippen LogP contribution in [-0.4, -0.2) is 4.57 Å². The number of rotatable bonds is 9. The average Bonchev–Trinajstić information content (AvgIpc) is 3.73. The number of hydrogen-bond donors (Lipinski definition) is 0. The molecule has 0 N–H and O–H groups in total. The first-order valence-electron chi connectivity index (χ1n) is 17.4. The molecule has 0 unspecified atom stereocenters. The van der Waals surface area contributed by atoms with Gasteiger partial charge in [-0.1, -0.05) is 116 Å². The number of para-hydroxylation sites is 5. The Labute approximate surface area is 307 Å². The summed E-state index contributed by atoms with van der Waals surface area (Å²) in [6.45, 7) is 8.26. The Balaban J connectivity index is 1.39. The Morgan fingerprint density at radius 1 is 0.423 bits per heavy atom. The normalized spacial score (nSPS) is 11.2. The number of nitrogens with zero attached hydrogens (tertiary/aromatic N) is 3. The monoisotopic (exact) mass is 685 g/mol. The highest BCUT2D eigenvalue weighted by atomic mass is 32.1. The minimum absolute atomic E-state index is 1.05. The van der Waals surface area contributed by atoms with Crippen LogP contribution in [0.2, 0.25) is 0 Å². The van der Waals surface area contributed by atoms with Crippen molar-refractivity contribution < 1.29 is 0 Å². The van der Waals surface area contributed by atoms with Crippen molar-refractivity contribution in [2.24, 2.45) is 0 Å². The highest BCUT2D eigenvalue weighted by Crippen LogP contribution is 2.45. The van der Waals surface area contributed by atoms with Gasteiger partial charge in [-0.2, -0.15) is 0 Å². The molecule has 7 aromatic carbocycles. The summed E-state index contributed by atoms with van der Waals surface area (Å²) < 4.78 is 3.64. The minimum Gasteiger partial charge on any atom is -0.310 e. The Kier molecular flexibility index (Phi) is 8.00. The molecule has 2 heterocycles. The number of anilines is 6. The van der Waals surface area contributed by atoms with E-state index in [1.807, 2.05) is 12.2 Å². The largest absolute Gasteiger partial charge is 0.310 e. The van der Waals surface area contributed by atoms with Crippen molar-refractivity contribution in [2.45, 2.75) is 0 Å². The van der Waals surface area contributed by atoms with Crippen LogP contribution in [0.5, 0.6) is 0 Å². The van der Waals surface area contributed by atoms with Gasteiger partial charge in [-0.3, -0.25) is 0 Å². The Morgan fingerprint density at radius 3 is 1.38 bits per heavy atom. The lowest BCUT2D eigenvalue weighted by Crippen LogP contribution is -2.14. The fourth-order valence-corrected chi connectivity index (χ4v) is 8.48. The van der Waals surface area contributed by atoms with Crippen LogP contribution in [0.3, 0.4) is 0 Å². The van der Waals surface area contributed by atoms with Crippen molar-refractivity contribution >= 4 is 89.5 Å². The summed E-state index contributed by atoms with van der Waals surface area (Å²) in [5.41, 5.74) is 10.9. The molecule has 0 amide bonds. The number of hydrogen-bond acceptors (Lipinski definition) is 3. The lowest BCUT2D eigenvalue weighted by atomic mass is 10.1. The second-order valence-electron chi connectivity index (χ2n) is 12.7. The van der Waals surface area contributed by atoms with Crippen LogP contribution in [0, 0.1) is 0 Å². The number of benzene rings is 7. The maximum Gasteiger partial charge on any atom is 0.0555 e. The van der Waals surface area contributed by atoms with Gasteiger partial charge in [-0.15, -0.1) is 11.3 Å². The molecule has 0 radical (unpaired) electrons. The predicted octanol–water partition coefficient (Wildman–Crippen LogP) is 14.2. The van der Waals surface area contributed by atoms with Gasteiger partial charge in [0.15, 0.2) is 0 Å². The first-order valence-corrected chi connectivity index (χ1v) is 18.2. The van der Waals surface area contributed by atoms with E-state index in [4.69, 9.17) is 0 Å². The number of fused-ring (bicyclic) bond motifs is 4. The predicted molar refractivity (Wildman–Crippen MR) is 226 cm³/mol. The smallest absolute Gasteiger partial charge is 0.0555 e. The molecule has 9 aromatic rings. The molecule has 3 nitrogen and oxygen atoms in total. The molecule has 0 aliphatic rings. The van der Waals surface area contributed by atoms with E-state index in [9.17, 15) is 0 Å². The van der Waals surface area contributed by atoms with Gasteiger partial charge in [-0.05, 0) is 90.5 Å². The van der Waals surface area contributed by atoms with Gasteiger partial charge in [0.2, 0.25) is 0 Å². The molecule has 0 aliphatic carbocycles.